The third kappa shape index (κ3) is 4.59. The number of halogens is 1. The smallest absolute Gasteiger partial charge is 0.216 e. The molecular formula is C13H14FNO2. The number of benzene rings is 1. The van der Waals surface area contributed by atoms with Crippen molar-refractivity contribution in [3.8, 4) is 0 Å². The van der Waals surface area contributed by atoms with Gasteiger partial charge in [0.25, 0.3) is 0 Å². The summed E-state index contributed by atoms with van der Waals surface area (Å²) in [4.78, 5) is 21.0. The lowest BCUT2D eigenvalue weighted by Gasteiger charge is -1.99. The average Bonchev–Trinajstić information content (AvgIpc) is 2.30. The summed E-state index contributed by atoms with van der Waals surface area (Å²) in [5, 5.41) is 2.63. The van der Waals surface area contributed by atoms with E-state index in [1.807, 2.05) is 0 Å². The van der Waals surface area contributed by atoms with Crippen molar-refractivity contribution in [1.82, 2.24) is 5.32 Å². The van der Waals surface area contributed by atoms with E-state index in [0.717, 1.165) is 0 Å². The van der Waals surface area contributed by atoms with Crippen molar-refractivity contribution in [3.63, 3.8) is 0 Å². The molecule has 0 bridgehead atoms. The van der Waals surface area contributed by atoms with E-state index in [1.165, 1.54) is 13.0 Å². The van der Waals surface area contributed by atoms with E-state index < -0.39 is 5.82 Å². The van der Waals surface area contributed by atoms with Gasteiger partial charge in [-0.25, -0.2) is 4.39 Å². The monoisotopic (exact) mass is 235 g/mol. The van der Waals surface area contributed by atoms with Gasteiger partial charge in [-0.3, -0.25) is 9.59 Å². The number of aldehydes is 1. The lowest BCUT2D eigenvalue weighted by molar-refractivity contribution is -0.118. The van der Waals surface area contributed by atoms with Crippen LogP contribution in [0.2, 0.25) is 0 Å². The van der Waals surface area contributed by atoms with E-state index in [9.17, 15) is 14.0 Å². The molecule has 1 aromatic carbocycles. The largest absolute Gasteiger partial charge is 0.356 e. The first-order chi connectivity index (χ1) is 8.13. The second kappa shape index (κ2) is 6.58. The van der Waals surface area contributed by atoms with Gasteiger partial charge in [0.05, 0.1) is 0 Å². The summed E-state index contributed by atoms with van der Waals surface area (Å²) in [6.45, 7) is 1.97. The van der Waals surface area contributed by atoms with Crippen LogP contribution < -0.4 is 5.32 Å². The summed E-state index contributed by atoms with van der Waals surface area (Å²) in [5.41, 5.74) is 0.747. The Morgan fingerprint density at radius 3 is 2.82 bits per heavy atom. The molecule has 4 heteroatoms. The predicted molar refractivity (Wildman–Crippen MR) is 64.1 cm³/mol. The molecule has 17 heavy (non-hydrogen) atoms. The van der Waals surface area contributed by atoms with Gasteiger partial charge in [-0.2, -0.15) is 0 Å². The van der Waals surface area contributed by atoms with E-state index in [4.69, 9.17) is 0 Å². The Morgan fingerprint density at radius 2 is 2.24 bits per heavy atom. The minimum atomic E-state index is -0.426. The van der Waals surface area contributed by atoms with Crippen LogP contribution in [-0.2, 0) is 4.79 Å². The van der Waals surface area contributed by atoms with Crippen LogP contribution in [0.15, 0.2) is 24.3 Å². The summed E-state index contributed by atoms with van der Waals surface area (Å²) in [7, 11) is 0. The maximum atomic E-state index is 13.4. The molecule has 0 radical (unpaired) electrons. The van der Waals surface area contributed by atoms with Gasteiger partial charge in [0.2, 0.25) is 5.91 Å². The molecule has 0 fully saturated rings. The molecule has 3 nitrogen and oxygen atoms in total. The van der Waals surface area contributed by atoms with Gasteiger partial charge in [0, 0.05) is 24.6 Å². The Bertz CT molecular complexity index is 441. The molecule has 0 aliphatic rings. The first-order valence-corrected chi connectivity index (χ1v) is 5.29. The minimum Gasteiger partial charge on any atom is -0.356 e. The van der Waals surface area contributed by atoms with Gasteiger partial charge in [0.1, 0.15) is 12.1 Å². The van der Waals surface area contributed by atoms with Crippen LogP contribution in [0.1, 0.15) is 29.3 Å². The van der Waals surface area contributed by atoms with E-state index in [2.05, 4.69) is 5.32 Å². The molecule has 0 atom stereocenters. The van der Waals surface area contributed by atoms with Gasteiger partial charge in [-0.05, 0) is 12.5 Å². The molecule has 0 unspecified atom stereocenters. The minimum absolute atomic E-state index is 0.0834. The lowest BCUT2D eigenvalue weighted by atomic mass is 10.1. The molecule has 0 saturated carbocycles. The fourth-order valence-corrected chi connectivity index (χ4v) is 1.29. The van der Waals surface area contributed by atoms with Crippen molar-refractivity contribution < 1.29 is 14.0 Å². The number of amides is 1. The maximum absolute atomic E-state index is 13.4. The molecule has 0 spiro atoms. The fraction of sp³-hybridized carbons (Fsp3) is 0.231. The van der Waals surface area contributed by atoms with Gasteiger partial charge in [-0.1, -0.05) is 24.3 Å². The molecule has 1 N–H and O–H groups in total. The fourth-order valence-electron chi connectivity index (χ4n) is 1.29. The predicted octanol–water partition coefficient (Wildman–Crippen LogP) is 2.18. The molecule has 1 aromatic rings. The van der Waals surface area contributed by atoms with Crippen molar-refractivity contribution in [2.24, 2.45) is 0 Å². The standard InChI is InChI=1S/C13H14FNO2/c1-10(17)15-7-3-2-4-12-6-5-11(9-16)8-13(12)14/h2,4-6,8-9H,3,7H2,1H3,(H,15,17). The quantitative estimate of drug-likeness (QED) is 0.628. The highest BCUT2D eigenvalue weighted by Crippen LogP contribution is 2.11. The number of rotatable bonds is 5. The zero-order valence-electron chi connectivity index (χ0n) is 9.57. The summed E-state index contributed by atoms with van der Waals surface area (Å²) >= 11 is 0. The van der Waals surface area contributed by atoms with Crippen LogP contribution in [-0.4, -0.2) is 18.7 Å². The Kier molecular flexibility index (Phi) is 5.07. The van der Waals surface area contributed by atoms with E-state index >= 15 is 0 Å². The topological polar surface area (TPSA) is 46.2 Å². The Labute approximate surface area is 99.3 Å². The van der Waals surface area contributed by atoms with Crippen molar-refractivity contribution in [3.05, 3.63) is 41.2 Å². The molecule has 1 amide bonds. The lowest BCUT2D eigenvalue weighted by Crippen LogP contribution is -2.20. The molecule has 0 aromatic heterocycles. The molecular weight excluding hydrogens is 221 g/mol. The molecule has 1 rings (SSSR count). The molecule has 0 heterocycles. The molecule has 90 valence electrons. The molecule has 0 saturated heterocycles. The normalized spacial score (nSPS) is 10.5. The first kappa shape index (κ1) is 13.1. The van der Waals surface area contributed by atoms with Crippen LogP contribution in [0.5, 0.6) is 0 Å². The van der Waals surface area contributed by atoms with Crippen molar-refractivity contribution in [2.45, 2.75) is 13.3 Å². The van der Waals surface area contributed by atoms with Crippen molar-refractivity contribution in [2.75, 3.05) is 6.54 Å². The van der Waals surface area contributed by atoms with Crippen LogP contribution in [0.3, 0.4) is 0 Å². The number of nitrogens with one attached hydrogen (secondary N) is 1. The van der Waals surface area contributed by atoms with E-state index in [1.54, 1.807) is 24.3 Å². The highest BCUT2D eigenvalue weighted by Gasteiger charge is 1.99. The Morgan fingerprint density at radius 1 is 1.47 bits per heavy atom. The van der Waals surface area contributed by atoms with Gasteiger partial charge < -0.3 is 5.32 Å². The van der Waals surface area contributed by atoms with Gasteiger partial charge in [0.15, 0.2) is 0 Å². The second-order valence-electron chi connectivity index (χ2n) is 3.57. The first-order valence-electron chi connectivity index (χ1n) is 5.29. The molecule has 0 aliphatic carbocycles. The number of hydrogen-bond donors (Lipinski definition) is 1. The maximum Gasteiger partial charge on any atom is 0.216 e. The number of carbonyl (C=O) groups is 2. The molecule has 0 aliphatic heterocycles. The second-order valence-corrected chi connectivity index (χ2v) is 3.57. The summed E-state index contributed by atoms with van der Waals surface area (Å²) < 4.78 is 13.4. The average molecular weight is 235 g/mol. The Hall–Kier alpha value is -1.97. The third-order valence-corrected chi connectivity index (χ3v) is 2.14. The van der Waals surface area contributed by atoms with Crippen molar-refractivity contribution >= 4 is 18.3 Å². The van der Waals surface area contributed by atoms with Crippen molar-refractivity contribution in [1.29, 1.82) is 0 Å². The highest BCUT2D eigenvalue weighted by atomic mass is 19.1. The number of hydrogen-bond acceptors (Lipinski definition) is 2. The van der Waals surface area contributed by atoms with E-state index in [-0.39, 0.29) is 5.91 Å². The third-order valence-electron chi connectivity index (χ3n) is 2.14. The van der Waals surface area contributed by atoms with E-state index in [0.29, 0.717) is 30.4 Å². The van der Waals surface area contributed by atoms with Crippen LogP contribution in [0, 0.1) is 5.82 Å². The summed E-state index contributed by atoms with van der Waals surface area (Å²) in [6, 6.07) is 4.30. The van der Waals surface area contributed by atoms with Crippen LogP contribution in [0.4, 0.5) is 4.39 Å². The van der Waals surface area contributed by atoms with Crippen LogP contribution in [0.25, 0.3) is 6.08 Å². The summed E-state index contributed by atoms with van der Waals surface area (Å²) in [6.07, 6.45) is 4.64. The zero-order valence-corrected chi connectivity index (χ0v) is 9.57. The van der Waals surface area contributed by atoms with Crippen LogP contribution >= 0.6 is 0 Å². The summed E-state index contributed by atoms with van der Waals surface area (Å²) in [5.74, 6) is -0.509. The SMILES string of the molecule is CC(=O)NCCC=Cc1ccc(C=O)cc1F. The van der Waals surface area contributed by atoms with Gasteiger partial charge >= 0.3 is 0 Å². The zero-order chi connectivity index (χ0) is 12.7. The number of carbonyl (C=O) groups excluding carboxylic acids is 2. The Balaban J connectivity index is 2.53. The van der Waals surface area contributed by atoms with Gasteiger partial charge in [-0.15, -0.1) is 0 Å². The highest BCUT2D eigenvalue weighted by molar-refractivity contribution is 5.75.